The highest BCUT2D eigenvalue weighted by Gasteiger charge is 2.35. The summed E-state index contributed by atoms with van der Waals surface area (Å²) in [5.74, 6) is 0. The maximum Gasteiger partial charge on any atom is 0.173 e. The Morgan fingerprint density at radius 3 is 1.35 bits per heavy atom. The Labute approximate surface area is 284 Å². The molecule has 0 aliphatic carbocycles. The number of nitrogens with zero attached hydrogens (tertiary/aromatic N) is 2. The molecule has 0 fully saturated rings. The van der Waals surface area contributed by atoms with Crippen LogP contribution in [0.2, 0.25) is 0 Å². The van der Waals surface area contributed by atoms with E-state index in [4.69, 9.17) is 4.98 Å². The largest absolute Gasteiger partial charge is 0.309 e. The normalized spacial score (nSPS) is 12.2. The fraction of sp³-hybridized carbons (Fsp3) is 0. The van der Waals surface area contributed by atoms with Gasteiger partial charge in [0.2, 0.25) is 0 Å². The summed E-state index contributed by atoms with van der Waals surface area (Å²) in [7, 11) is -6.67. The highest BCUT2D eigenvalue weighted by molar-refractivity contribution is 7.86. The first-order chi connectivity index (χ1) is 24.1. The van der Waals surface area contributed by atoms with E-state index in [0.717, 1.165) is 59.4 Å². The Morgan fingerprint density at radius 2 is 0.796 bits per heavy atom. The van der Waals surface area contributed by atoms with Gasteiger partial charge in [-0.05, 0) is 18.2 Å². The number of imidazole rings is 1. The monoisotopic (exact) mass is 668 g/mol. The van der Waals surface area contributed by atoms with Gasteiger partial charge in [-0.3, -0.25) is 4.40 Å². The van der Waals surface area contributed by atoms with E-state index in [9.17, 15) is 0 Å². The van der Waals surface area contributed by atoms with Crippen LogP contribution >= 0.6 is 14.3 Å². The molecule has 0 unspecified atom stereocenters. The maximum absolute atomic E-state index is 15.8. The molecule has 6 heteroatoms. The summed E-state index contributed by atoms with van der Waals surface area (Å²) in [6, 6.07) is 59.4. The van der Waals surface area contributed by atoms with Crippen LogP contribution in [0.15, 0.2) is 182 Å². The number of pyridine rings is 1. The zero-order valence-electron chi connectivity index (χ0n) is 26.4. The van der Waals surface area contributed by atoms with Crippen molar-refractivity contribution in [2.24, 2.45) is 0 Å². The van der Waals surface area contributed by atoms with Crippen molar-refractivity contribution in [3.63, 3.8) is 0 Å². The van der Waals surface area contributed by atoms with Gasteiger partial charge in [0.25, 0.3) is 0 Å². The molecule has 0 saturated heterocycles. The molecule has 0 N–H and O–H groups in total. The molecule has 2 aromatic heterocycles. The standard InChI is InChI=1S/C43H30N2O2P2/c46-48(31-17-5-1-6-18-31,32-19-7-2-8-20-32)39-29-15-26-36-41(39)35-25-13-14-27-37(35)45-38-28-16-30-40(42(38)44-43(36)45)49(47,33-21-9-3-10-22-33)34-23-11-4-12-24-34/h1-30H. The summed E-state index contributed by atoms with van der Waals surface area (Å²) in [6.07, 6.45) is 0. The van der Waals surface area contributed by atoms with Gasteiger partial charge in [0.15, 0.2) is 14.3 Å². The third-order valence-electron chi connectivity index (χ3n) is 9.52. The zero-order chi connectivity index (χ0) is 33.0. The second-order valence-corrected chi connectivity index (χ2v) is 17.7. The van der Waals surface area contributed by atoms with Gasteiger partial charge in [-0.1, -0.05) is 164 Å². The van der Waals surface area contributed by atoms with Crippen LogP contribution in [0.5, 0.6) is 0 Å². The molecule has 0 aliphatic heterocycles. The van der Waals surface area contributed by atoms with Gasteiger partial charge in [0, 0.05) is 48.0 Å². The van der Waals surface area contributed by atoms with E-state index < -0.39 is 14.3 Å². The fourth-order valence-corrected chi connectivity index (χ4v) is 13.0. The highest BCUT2D eigenvalue weighted by Crippen LogP contribution is 2.47. The van der Waals surface area contributed by atoms with Gasteiger partial charge in [-0.2, -0.15) is 0 Å². The summed E-state index contributed by atoms with van der Waals surface area (Å²) in [5, 5.41) is 7.31. The molecular weight excluding hydrogens is 638 g/mol. The fourth-order valence-electron chi connectivity index (χ4n) is 7.32. The van der Waals surface area contributed by atoms with Gasteiger partial charge in [0.1, 0.15) is 11.2 Å². The number of rotatable bonds is 6. The second kappa shape index (κ2) is 11.6. The number of hydrogen-bond acceptors (Lipinski definition) is 3. The number of benzene rings is 7. The smallest absolute Gasteiger partial charge is 0.173 e. The van der Waals surface area contributed by atoms with Crippen LogP contribution in [0.3, 0.4) is 0 Å². The van der Waals surface area contributed by atoms with E-state index in [2.05, 4.69) is 28.7 Å². The molecule has 2 heterocycles. The molecule has 0 aliphatic rings. The molecule has 0 radical (unpaired) electrons. The zero-order valence-corrected chi connectivity index (χ0v) is 28.2. The molecule has 0 bridgehead atoms. The molecule has 0 amide bonds. The molecule has 9 aromatic rings. The Bertz CT molecular complexity index is 2680. The Kier molecular flexibility index (Phi) is 6.99. The van der Waals surface area contributed by atoms with Crippen LogP contribution in [-0.4, -0.2) is 9.38 Å². The molecule has 0 atom stereocenters. The van der Waals surface area contributed by atoms with E-state index in [1.807, 2.05) is 158 Å². The Hall–Kier alpha value is -5.53. The number of para-hydroxylation sites is 2. The minimum Gasteiger partial charge on any atom is -0.309 e. The summed E-state index contributed by atoms with van der Waals surface area (Å²) in [5.41, 5.74) is 3.24. The van der Waals surface area contributed by atoms with E-state index in [-0.39, 0.29) is 0 Å². The maximum atomic E-state index is 15.8. The van der Waals surface area contributed by atoms with E-state index in [1.165, 1.54) is 0 Å². The van der Waals surface area contributed by atoms with Crippen LogP contribution in [0.25, 0.3) is 38.4 Å². The minimum absolute atomic E-state index is 0.691. The molecule has 49 heavy (non-hydrogen) atoms. The first kappa shape index (κ1) is 29.6. The second-order valence-electron chi connectivity index (χ2n) is 12.2. The lowest BCUT2D eigenvalue weighted by Gasteiger charge is -2.23. The summed E-state index contributed by atoms with van der Waals surface area (Å²) in [4.78, 5) is 5.38. The minimum atomic E-state index is -3.34. The van der Waals surface area contributed by atoms with Crippen molar-refractivity contribution < 1.29 is 9.13 Å². The molecule has 4 nitrogen and oxygen atoms in total. The van der Waals surface area contributed by atoms with E-state index in [1.54, 1.807) is 0 Å². The first-order valence-electron chi connectivity index (χ1n) is 16.3. The molecule has 0 saturated carbocycles. The number of aromatic nitrogens is 2. The lowest BCUT2D eigenvalue weighted by atomic mass is 10.1. The third kappa shape index (κ3) is 4.42. The average molecular weight is 669 g/mol. The first-order valence-corrected chi connectivity index (χ1v) is 19.7. The Balaban J connectivity index is 1.43. The van der Waals surface area contributed by atoms with Crippen molar-refractivity contribution in [2.75, 3.05) is 0 Å². The molecule has 0 spiro atoms. The van der Waals surface area contributed by atoms with Gasteiger partial charge in [-0.25, -0.2) is 4.98 Å². The van der Waals surface area contributed by atoms with Crippen molar-refractivity contribution in [1.29, 1.82) is 0 Å². The summed E-state index contributed by atoms with van der Waals surface area (Å²) < 4.78 is 33.6. The lowest BCUT2D eigenvalue weighted by molar-refractivity contribution is 0.592. The van der Waals surface area contributed by atoms with E-state index in [0.29, 0.717) is 10.8 Å². The van der Waals surface area contributed by atoms with Gasteiger partial charge < -0.3 is 9.13 Å². The SMILES string of the molecule is O=P(c1ccccc1)(c1ccccc1)c1cccc2c1nc1c3cccc(P(=O)(c4ccccc4)c4ccccc4)c3c3ccccc3n21. The lowest BCUT2D eigenvalue weighted by Crippen LogP contribution is -2.25. The van der Waals surface area contributed by atoms with Crippen LogP contribution in [0.1, 0.15) is 0 Å². The quantitative estimate of drug-likeness (QED) is 0.133. The predicted molar refractivity (Wildman–Crippen MR) is 206 cm³/mol. The van der Waals surface area contributed by atoms with Gasteiger partial charge in [0.05, 0.1) is 11.0 Å². The van der Waals surface area contributed by atoms with Crippen LogP contribution in [-0.2, 0) is 9.13 Å². The van der Waals surface area contributed by atoms with Crippen molar-refractivity contribution in [3.8, 4) is 0 Å². The van der Waals surface area contributed by atoms with Crippen LogP contribution in [0, 0.1) is 0 Å². The highest BCUT2D eigenvalue weighted by atomic mass is 31.2. The van der Waals surface area contributed by atoms with Crippen molar-refractivity contribution >= 4 is 84.5 Å². The summed E-state index contributed by atoms with van der Waals surface area (Å²) >= 11 is 0. The van der Waals surface area contributed by atoms with E-state index >= 15 is 9.13 Å². The molecular formula is C43H30N2O2P2. The predicted octanol–water partition coefficient (Wildman–Crippen LogP) is 8.07. The van der Waals surface area contributed by atoms with Crippen molar-refractivity contribution in [1.82, 2.24) is 9.38 Å². The third-order valence-corrected chi connectivity index (χ3v) is 15.7. The molecule has 7 aromatic carbocycles. The van der Waals surface area contributed by atoms with Crippen LogP contribution < -0.4 is 31.8 Å². The molecule has 234 valence electrons. The average Bonchev–Trinajstić information content (AvgIpc) is 3.59. The summed E-state index contributed by atoms with van der Waals surface area (Å²) in [6.45, 7) is 0. The van der Waals surface area contributed by atoms with Gasteiger partial charge in [-0.15, -0.1) is 0 Å². The number of fused-ring (bicyclic) bond motifs is 8. The topological polar surface area (TPSA) is 51.4 Å². The van der Waals surface area contributed by atoms with Gasteiger partial charge >= 0.3 is 0 Å². The Morgan fingerprint density at radius 1 is 0.388 bits per heavy atom. The number of hydrogen-bond donors (Lipinski definition) is 0. The van der Waals surface area contributed by atoms with Crippen LogP contribution in [0.4, 0.5) is 0 Å². The molecule has 9 rings (SSSR count). The van der Waals surface area contributed by atoms with Crippen molar-refractivity contribution in [2.45, 2.75) is 0 Å². The van der Waals surface area contributed by atoms with Crippen molar-refractivity contribution in [3.05, 3.63) is 182 Å².